The fraction of sp³-hybridized carbons (Fsp3) is 0.267. The van der Waals surface area contributed by atoms with Crippen molar-refractivity contribution in [1.82, 2.24) is 15.0 Å². The normalized spacial score (nSPS) is 12.4. The molecular formula is C15H15FN4OS. The van der Waals surface area contributed by atoms with Gasteiger partial charge in [0, 0.05) is 22.5 Å². The summed E-state index contributed by atoms with van der Waals surface area (Å²) >= 11 is 1.63. The molecule has 0 aliphatic carbocycles. The van der Waals surface area contributed by atoms with Gasteiger partial charge in [-0.3, -0.25) is 0 Å². The maximum absolute atomic E-state index is 13.8. The summed E-state index contributed by atoms with van der Waals surface area (Å²) in [6.07, 6.45) is 3.26. The molecule has 114 valence electrons. The second-order valence-corrected chi connectivity index (χ2v) is 6.17. The number of halogens is 1. The molecule has 1 unspecified atom stereocenters. The summed E-state index contributed by atoms with van der Waals surface area (Å²) in [6.45, 7) is 4.02. The Morgan fingerprint density at radius 2 is 2.09 bits per heavy atom. The van der Waals surface area contributed by atoms with E-state index in [4.69, 9.17) is 4.74 Å². The van der Waals surface area contributed by atoms with E-state index in [9.17, 15) is 4.39 Å². The number of fused-ring (bicyclic) bond motifs is 1. The monoisotopic (exact) mass is 318 g/mol. The molecular weight excluding hydrogens is 303 g/mol. The summed E-state index contributed by atoms with van der Waals surface area (Å²) in [5, 5.41) is 4.98. The molecule has 2 aromatic heterocycles. The van der Waals surface area contributed by atoms with Crippen molar-refractivity contribution < 1.29 is 9.13 Å². The van der Waals surface area contributed by atoms with Crippen LogP contribution in [0.15, 0.2) is 24.7 Å². The molecule has 0 radical (unpaired) electrons. The van der Waals surface area contributed by atoms with Gasteiger partial charge in [-0.1, -0.05) is 0 Å². The van der Waals surface area contributed by atoms with E-state index in [1.807, 2.05) is 20.0 Å². The summed E-state index contributed by atoms with van der Waals surface area (Å²) in [7, 11) is 1.43. The van der Waals surface area contributed by atoms with Gasteiger partial charge in [0.15, 0.2) is 11.6 Å². The zero-order valence-corrected chi connectivity index (χ0v) is 13.2. The number of thiazole rings is 1. The molecule has 1 N–H and O–H groups in total. The maximum atomic E-state index is 13.8. The fourth-order valence-corrected chi connectivity index (χ4v) is 2.94. The van der Waals surface area contributed by atoms with Gasteiger partial charge < -0.3 is 10.1 Å². The SMILES string of the molecule is COc1cc2c(NC(C)c3ncc(C)s3)ncnc2cc1F. The molecule has 5 nitrogen and oxygen atoms in total. The van der Waals surface area contributed by atoms with E-state index in [1.165, 1.54) is 19.5 Å². The van der Waals surface area contributed by atoms with Gasteiger partial charge >= 0.3 is 0 Å². The molecule has 0 saturated carbocycles. The largest absolute Gasteiger partial charge is 0.494 e. The van der Waals surface area contributed by atoms with Crippen molar-refractivity contribution in [2.75, 3.05) is 12.4 Å². The summed E-state index contributed by atoms with van der Waals surface area (Å²) in [5.41, 5.74) is 0.526. The molecule has 1 aromatic carbocycles. The van der Waals surface area contributed by atoms with E-state index in [1.54, 1.807) is 17.4 Å². The average molecular weight is 318 g/mol. The van der Waals surface area contributed by atoms with Gasteiger partial charge in [0.1, 0.15) is 17.2 Å². The summed E-state index contributed by atoms with van der Waals surface area (Å²) in [5.74, 6) is 0.356. The number of benzene rings is 1. The lowest BCUT2D eigenvalue weighted by molar-refractivity contribution is 0.387. The molecule has 22 heavy (non-hydrogen) atoms. The minimum Gasteiger partial charge on any atom is -0.494 e. The Labute approximate surface area is 131 Å². The molecule has 0 bridgehead atoms. The van der Waals surface area contributed by atoms with E-state index in [2.05, 4.69) is 20.3 Å². The zero-order chi connectivity index (χ0) is 15.7. The van der Waals surface area contributed by atoms with Crippen LogP contribution in [0.2, 0.25) is 0 Å². The Bertz CT molecular complexity index is 820. The standard InChI is InChI=1S/C15H15FN4OS/c1-8-6-17-15(22-8)9(2)20-14-10-4-13(21-3)11(16)5-12(10)18-7-19-14/h4-7,9H,1-3H3,(H,18,19,20). The van der Waals surface area contributed by atoms with Crippen molar-refractivity contribution in [2.45, 2.75) is 19.9 Å². The third kappa shape index (κ3) is 2.71. The predicted octanol–water partition coefficient (Wildman–Crippen LogP) is 3.72. The Balaban J connectivity index is 1.99. The molecule has 0 fully saturated rings. The van der Waals surface area contributed by atoms with Gasteiger partial charge in [0.2, 0.25) is 0 Å². The number of nitrogens with one attached hydrogen (secondary N) is 1. The third-order valence-corrected chi connectivity index (χ3v) is 4.37. The van der Waals surface area contributed by atoms with Gasteiger partial charge in [-0.05, 0) is 19.9 Å². The molecule has 3 rings (SSSR count). The molecule has 1 atom stereocenters. The number of aryl methyl sites for hydroxylation is 1. The van der Waals surface area contributed by atoms with Crippen LogP contribution >= 0.6 is 11.3 Å². The highest BCUT2D eigenvalue weighted by Crippen LogP contribution is 2.30. The Kier molecular flexibility index (Phi) is 3.89. The number of methoxy groups -OCH3 is 1. The smallest absolute Gasteiger partial charge is 0.167 e. The fourth-order valence-electron chi connectivity index (χ4n) is 2.17. The van der Waals surface area contributed by atoms with Gasteiger partial charge in [0.05, 0.1) is 18.7 Å². The van der Waals surface area contributed by atoms with E-state index in [-0.39, 0.29) is 11.8 Å². The number of nitrogens with zero attached hydrogens (tertiary/aromatic N) is 3. The minimum absolute atomic E-state index is 0.00662. The van der Waals surface area contributed by atoms with Crippen LogP contribution in [-0.4, -0.2) is 22.1 Å². The summed E-state index contributed by atoms with van der Waals surface area (Å²) in [4.78, 5) is 13.9. The first-order chi connectivity index (χ1) is 10.6. The van der Waals surface area contributed by atoms with E-state index in [0.29, 0.717) is 16.7 Å². The van der Waals surface area contributed by atoms with E-state index < -0.39 is 5.82 Å². The molecule has 0 spiro atoms. The van der Waals surface area contributed by atoms with Gasteiger partial charge in [0.25, 0.3) is 0 Å². The number of hydrogen-bond donors (Lipinski definition) is 1. The zero-order valence-electron chi connectivity index (χ0n) is 12.4. The predicted molar refractivity (Wildman–Crippen MR) is 84.9 cm³/mol. The number of aromatic nitrogens is 3. The van der Waals surface area contributed by atoms with Crippen LogP contribution in [0, 0.1) is 12.7 Å². The van der Waals surface area contributed by atoms with Gasteiger partial charge in [-0.2, -0.15) is 0 Å². The van der Waals surface area contributed by atoms with Crippen molar-refractivity contribution in [3.63, 3.8) is 0 Å². The lowest BCUT2D eigenvalue weighted by atomic mass is 10.2. The molecule has 2 heterocycles. The van der Waals surface area contributed by atoms with E-state index >= 15 is 0 Å². The molecule has 0 amide bonds. The number of ether oxygens (including phenoxy) is 1. The number of anilines is 1. The van der Waals surface area contributed by atoms with Crippen LogP contribution in [0.1, 0.15) is 22.9 Å². The molecule has 0 aliphatic heterocycles. The highest BCUT2D eigenvalue weighted by atomic mass is 32.1. The molecule has 7 heteroatoms. The molecule has 0 aliphatic rings. The number of rotatable bonds is 4. The van der Waals surface area contributed by atoms with Gasteiger partial charge in [-0.25, -0.2) is 19.3 Å². The van der Waals surface area contributed by atoms with Crippen molar-refractivity contribution >= 4 is 28.1 Å². The molecule has 0 saturated heterocycles. The van der Waals surface area contributed by atoms with Crippen molar-refractivity contribution in [2.24, 2.45) is 0 Å². The first-order valence-electron chi connectivity index (χ1n) is 6.75. The van der Waals surface area contributed by atoms with Crippen molar-refractivity contribution in [1.29, 1.82) is 0 Å². The van der Waals surface area contributed by atoms with Crippen LogP contribution in [0.3, 0.4) is 0 Å². The minimum atomic E-state index is -0.441. The average Bonchev–Trinajstić information content (AvgIpc) is 2.93. The van der Waals surface area contributed by atoms with Crippen LogP contribution in [0.4, 0.5) is 10.2 Å². The van der Waals surface area contributed by atoms with Crippen LogP contribution in [-0.2, 0) is 0 Å². The first kappa shape index (κ1) is 14.6. The lowest BCUT2D eigenvalue weighted by Crippen LogP contribution is -2.08. The Hall–Kier alpha value is -2.28. The topological polar surface area (TPSA) is 59.9 Å². The van der Waals surface area contributed by atoms with Gasteiger partial charge in [-0.15, -0.1) is 11.3 Å². The van der Waals surface area contributed by atoms with Crippen LogP contribution in [0.25, 0.3) is 10.9 Å². The Morgan fingerprint density at radius 1 is 1.27 bits per heavy atom. The second-order valence-electron chi connectivity index (χ2n) is 4.90. The highest BCUT2D eigenvalue weighted by molar-refractivity contribution is 7.11. The Morgan fingerprint density at radius 3 is 2.77 bits per heavy atom. The van der Waals surface area contributed by atoms with Crippen LogP contribution in [0.5, 0.6) is 5.75 Å². The van der Waals surface area contributed by atoms with Crippen LogP contribution < -0.4 is 10.1 Å². The first-order valence-corrected chi connectivity index (χ1v) is 7.57. The van der Waals surface area contributed by atoms with Crippen molar-refractivity contribution in [3.05, 3.63) is 40.4 Å². The maximum Gasteiger partial charge on any atom is 0.167 e. The van der Waals surface area contributed by atoms with E-state index in [0.717, 1.165) is 9.88 Å². The summed E-state index contributed by atoms with van der Waals surface area (Å²) in [6, 6.07) is 2.94. The summed E-state index contributed by atoms with van der Waals surface area (Å²) < 4.78 is 18.8. The lowest BCUT2D eigenvalue weighted by Gasteiger charge is -2.14. The second kappa shape index (κ2) is 5.84. The number of hydrogen-bond acceptors (Lipinski definition) is 6. The highest BCUT2D eigenvalue weighted by Gasteiger charge is 2.14. The third-order valence-electron chi connectivity index (χ3n) is 3.27. The molecule has 3 aromatic rings. The van der Waals surface area contributed by atoms with Crippen molar-refractivity contribution in [3.8, 4) is 5.75 Å². The quantitative estimate of drug-likeness (QED) is 0.794.